The molecule has 1 aromatic heterocycles. The van der Waals surface area contributed by atoms with Crippen molar-refractivity contribution in [3.05, 3.63) is 23.9 Å². The second-order valence-electron chi connectivity index (χ2n) is 4.65. The number of hydrogen-bond acceptors (Lipinski definition) is 4. The molecule has 0 saturated carbocycles. The van der Waals surface area contributed by atoms with Crippen molar-refractivity contribution >= 4 is 11.6 Å². The van der Waals surface area contributed by atoms with E-state index in [9.17, 15) is 4.79 Å². The van der Waals surface area contributed by atoms with Crippen LogP contribution in [-0.2, 0) is 11.2 Å². The molecule has 1 heterocycles. The van der Waals surface area contributed by atoms with Crippen LogP contribution in [0.3, 0.4) is 0 Å². The number of nitrogens with two attached hydrogens (primary N) is 2. The highest BCUT2D eigenvalue weighted by atomic mass is 16.1. The van der Waals surface area contributed by atoms with Gasteiger partial charge in [0.1, 0.15) is 11.6 Å². The quantitative estimate of drug-likeness (QED) is 0.737. The Balaban J connectivity index is 2.40. The van der Waals surface area contributed by atoms with Gasteiger partial charge in [-0.15, -0.1) is 0 Å². The first-order valence-electron chi connectivity index (χ1n) is 6.58. The van der Waals surface area contributed by atoms with Gasteiger partial charge in [-0.05, 0) is 31.4 Å². The van der Waals surface area contributed by atoms with Crippen LogP contribution < -0.4 is 11.5 Å². The Morgan fingerprint density at radius 2 is 2.22 bits per heavy atom. The minimum atomic E-state index is 0.227. The maximum atomic E-state index is 11.9. The monoisotopic (exact) mass is 249 g/mol. The first-order chi connectivity index (χ1) is 8.67. The number of anilines is 1. The number of pyridine rings is 1. The van der Waals surface area contributed by atoms with E-state index < -0.39 is 0 Å². The number of nitrogens with zero attached hydrogens (tertiary/aromatic N) is 1. The molecule has 0 aliphatic heterocycles. The average Bonchev–Trinajstić information content (AvgIpc) is 2.37. The highest BCUT2D eigenvalue weighted by molar-refractivity contribution is 5.81. The van der Waals surface area contributed by atoms with E-state index in [1.807, 2.05) is 12.1 Å². The zero-order valence-corrected chi connectivity index (χ0v) is 11.1. The van der Waals surface area contributed by atoms with Crippen molar-refractivity contribution in [2.45, 2.75) is 39.0 Å². The molecule has 1 unspecified atom stereocenters. The fraction of sp³-hybridized carbons (Fsp3) is 0.571. The van der Waals surface area contributed by atoms with Gasteiger partial charge < -0.3 is 11.5 Å². The SMILES string of the molecule is CCC(CCN)CCC(=O)Cc1cccnc1N. The summed E-state index contributed by atoms with van der Waals surface area (Å²) < 4.78 is 0. The van der Waals surface area contributed by atoms with Crippen LogP contribution in [0.5, 0.6) is 0 Å². The van der Waals surface area contributed by atoms with Gasteiger partial charge in [0.25, 0.3) is 0 Å². The zero-order chi connectivity index (χ0) is 13.4. The van der Waals surface area contributed by atoms with Crippen LogP contribution in [0.2, 0.25) is 0 Å². The molecule has 1 rings (SSSR count). The second kappa shape index (κ2) is 7.82. The Morgan fingerprint density at radius 3 is 2.83 bits per heavy atom. The van der Waals surface area contributed by atoms with Crippen LogP contribution in [0.15, 0.2) is 18.3 Å². The first kappa shape index (κ1) is 14.6. The summed E-state index contributed by atoms with van der Waals surface area (Å²) in [5.41, 5.74) is 12.1. The number of Topliss-reactive ketones (excluding diaryl/α,β-unsaturated/α-hetero) is 1. The van der Waals surface area contributed by atoms with Crippen LogP contribution in [0, 0.1) is 5.92 Å². The molecule has 0 fully saturated rings. The van der Waals surface area contributed by atoms with Crippen molar-refractivity contribution in [1.29, 1.82) is 0 Å². The van der Waals surface area contributed by atoms with Crippen LogP contribution in [0.25, 0.3) is 0 Å². The van der Waals surface area contributed by atoms with Crippen molar-refractivity contribution in [1.82, 2.24) is 4.98 Å². The number of carbonyl (C=O) groups is 1. The van der Waals surface area contributed by atoms with Gasteiger partial charge in [-0.3, -0.25) is 4.79 Å². The van der Waals surface area contributed by atoms with E-state index in [-0.39, 0.29) is 5.78 Å². The first-order valence-corrected chi connectivity index (χ1v) is 6.58. The number of carbonyl (C=O) groups excluding carboxylic acids is 1. The predicted molar refractivity (Wildman–Crippen MR) is 74.0 cm³/mol. The third kappa shape index (κ3) is 4.84. The predicted octanol–water partition coefficient (Wildman–Crippen LogP) is 1.93. The minimum absolute atomic E-state index is 0.227. The molecule has 4 nitrogen and oxygen atoms in total. The zero-order valence-electron chi connectivity index (χ0n) is 11.1. The van der Waals surface area contributed by atoms with Gasteiger partial charge in [0.2, 0.25) is 0 Å². The van der Waals surface area contributed by atoms with Gasteiger partial charge in [-0.1, -0.05) is 19.4 Å². The molecule has 0 aromatic carbocycles. The lowest BCUT2D eigenvalue weighted by Crippen LogP contribution is -2.12. The second-order valence-corrected chi connectivity index (χ2v) is 4.65. The highest BCUT2D eigenvalue weighted by Gasteiger charge is 2.11. The number of hydrogen-bond donors (Lipinski definition) is 2. The van der Waals surface area contributed by atoms with Gasteiger partial charge in [0, 0.05) is 24.6 Å². The maximum absolute atomic E-state index is 11.9. The van der Waals surface area contributed by atoms with E-state index in [1.54, 1.807) is 6.20 Å². The summed E-state index contributed by atoms with van der Waals surface area (Å²) in [7, 11) is 0. The van der Waals surface area contributed by atoms with E-state index in [1.165, 1.54) is 0 Å². The smallest absolute Gasteiger partial charge is 0.137 e. The summed E-state index contributed by atoms with van der Waals surface area (Å²) in [6, 6.07) is 3.67. The van der Waals surface area contributed by atoms with Crippen molar-refractivity contribution < 1.29 is 4.79 Å². The molecule has 18 heavy (non-hydrogen) atoms. The minimum Gasteiger partial charge on any atom is -0.383 e. The summed E-state index contributed by atoms with van der Waals surface area (Å²) in [5, 5.41) is 0. The molecule has 0 amide bonds. The van der Waals surface area contributed by atoms with Crippen molar-refractivity contribution in [3.63, 3.8) is 0 Å². The van der Waals surface area contributed by atoms with E-state index >= 15 is 0 Å². The fourth-order valence-corrected chi connectivity index (χ4v) is 2.05. The molecule has 0 radical (unpaired) electrons. The molecule has 1 atom stereocenters. The summed E-state index contributed by atoms with van der Waals surface area (Å²) in [4.78, 5) is 15.9. The Hall–Kier alpha value is -1.42. The van der Waals surface area contributed by atoms with Gasteiger partial charge in [0.15, 0.2) is 0 Å². The van der Waals surface area contributed by atoms with Crippen molar-refractivity contribution in [2.75, 3.05) is 12.3 Å². The molecule has 0 bridgehead atoms. The van der Waals surface area contributed by atoms with Gasteiger partial charge in [-0.25, -0.2) is 4.98 Å². The number of ketones is 1. The molecule has 0 spiro atoms. The lowest BCUT2D eigenvalue weighted by Gasteiger charge is -2.12. The van der Waals surface area contributed by atoms with E-state index in [2.05, 4.69) is 11.9 Å². The normalized spacial score (nSPS) is 12.3. The fourth-order valence-electron chi connectivity index (χ4n) is 2.05. The van der Waals surface area contributed by atoms with Crippen LogP contribution >= 0.6 is 0 Å². The van der Waals surface area contributed by atoms with E-state index in [0.29, 0.717) is 31.1 Å². The summed E-state index contributed by atoms with van der Waals surface area (Å²) >= 11 is 0. The Bertz CT molecular complexity index is 379. The third-order valence-electron chi connectivity index (χ3n) is 3.30. The van der Waals surface area contributed by atoms with Crippen molar-refractivity contribution in [2.24, 2.45) is 11.7 Å². The molecular weight excluding hydrogens is 226 g/mol. The van der Waals surface area contributed by atoms with E-state index in [4.69, 9.17) is 11.5 Å². The average molecular weight is 249 g/mol. The Labute approximate surface area is 109 Å². The van der Waals surface area contributed by atoms with Crippen molar-refractivity contribution in [3.8, 4) is 0 Å². The van der Waals surface area contributed by atoms with Gasteiger partial charge in [-0.2, -0.15) is 0 Å². The highest BCUT2D eigenvalue weighted by Crippen LogP contribution is 2.16. The molecule has 100 valence electrons. The summed E-state index contributed by atoms with van der Waals surface area (Å²) in [5.74, 6) is 1.25. The molecule has 0 saturated heterocycles. The molecule has 4 N–H and O–H groups in total. The Morgan fingerprint density at radius 1 is 1.44 bits per heavy atom. The molecule has 0 aliphatic rings. The molecule has 4 heteroatoms. The summed E-state index contributed by atoms with van der Waals surface area (Å²) in [6.07, 6.45) is 5.63. The maximum Gasteiger partial charge on any atom is 0.137 e. The lowest BCUT2D eigenvalue weighted by atomic mass is 9.94. The molecular formula is C14H23N3O. The topological polar surface area (TPSA) is 82.0 Å². The number of rotatable bonds is 8. The third-order valence-corrected chi connectivity index (χ3v) is 3.30. The van der Waals surface area contributed by atoms with Crippen LogP contribution in [0.1, 0.15) is 38.2 Å². The van der Waals surface area contributed by atoms with Crippen LogP contribution in [0.4, 0.5) is 5.82 Å². The molecule has 1 aromatic rings. The molecule has 0 aliphatic carbocycles. The number of aromatic nitrogens is 1. The lowest BCUT2D eigenvalue weighted by molar-refractivity contribution is -0.118. The standard InChI is InChI=1S/C14H23N3O/c1-2-11(7-8-15)5-6-13(18)10-12-4-3-9-17-14(12)16/h3-4,9,11H,2,5-8,10,15H2,1H3,(H2,16,17). The summed E-state index contributed by atoms with van der Waals surface area (Å²) in [6.45, 7) is 2.84. The van der Waals surface area contributed by atoms with E-state index in [0.717, 1.165) is 24.8 Å². The Kier molecular flexibility index (Phi) is 6.36. The number of nitrogen functional groups attached to an aromatic ring is 1. The van der Waals surface area contributed by atoms with Gasteiger partial charge >= 0.3 is 0 Å². The van der Waals surface area contributed by atoms with Crippen LogP contribution in [-0.4, -0.2) is 17.3 Å². The largest absolute Gasteiger partial charge is 0.383 e. The van der Waals surface area contributed by atoms with Gasteiger partial charge in [0.05, 0.1) is 0 Å².